The second-order valence-electron chi connectivity index (χ2n) is 5.46. The molecule has 0 aromatic heterocycles. The molecule has 0 amide bonds. The molecule has 0 spiro atoms. The fourth-order valence-electron chi connectivity index (χ4n) is 2.85. The van der Waals surface area contributed by atoms with Gasteiger partial charge in [0.1, 0.15) is 0 Å². The van der Waals surface area contributed by atoms with Crippen LogP contribution in [0.2, 0.25) is 0 Å². The zero-order valence-corrected chi connectivity index (χ0v) is 12.2. The van der Waals surface area contributed by atoms with E-state index in [0.29, 0.717) is 6.04 Å². The van der Waals surface area contributed by atoms with Crippen molar-refractivity contribution in [3.05, 3.63) is 34.9 Å². The predicted molar refractivity (Wildman–Crippen MR) is 79.3 cm³/mol. The average Bonchev–Trinajstić information content (AvgIpc) is 2.44. The van der Waals surface area contributed by atoms with Gasteiger partial charge in [-0.15, -0.1) is 0 Å². The largest absolute Gasteiger partial charge is 0.379 e. The highest BCUT2D eigenvalue weighted by Gasteiger charge is 2.23. The highest BCUT2D eigenvalue weighted by molar-refractivity contribution is 5.33. The van der Waals surface area contributed by atoms with E-state index in [-0.39, 0.29) is 0 Å². The maximum absolute atomic E-state index is 5.71. The molecular formula is C16H26N2O. The van der Waals surface area contributed by atoms with E-state index >= 15 is 0 Å². The number of hydrogen-bond donors (Lipinski definition) is 1. The molecule has 1 atom stereocenters. The van der Waals surface area contributed by atoms with Crippen LogP contribution in [0.5, 0.6) is 0 Å². The van der Waals surface area contributed by atoms with Gasteiger partial charge in [0.15, 0.2) is 0 Å². The highest BCUT2D eigenvalue weighted by Crippen LogP contribution is 2.29. The molecule has 0 saturated carbocycles. The van der Waals surface area contributed by atoms with Gasteiger partial charge in [-0.2, -0.15) is 0 Å². The Hall–Kier alpha value is -0.900. The van der Waals surface area contributed by atoms with Gasteiger partial charge in [0.05, 0.1) is 13.2 Å². The summed E-state index contributed by atoms with van der Waals surface area (Å²) in [6.45, 7) is 8.91. The van der Waals surface area contributed by atoms with Crippen molar-refractivity contribution in [2.75, 3.05) is 32.8 Å². The summed E-state index contributed by atoms with van der Waals surface area (Å²) in [5, 5.41) is 0. The van der Waals surface area contributed by atoms with E-state index in [4.69, 9.17) is 10.5 Å². The van der Waals surface area contributed by atoms with Crippen LogP contribution < -0.4 is 5.73 Å². The molecule has 19 heavy (non-hydrogen) atoms. The third kappa shape index (κ3) is 3.78. The topological polar surface area (TPSA) is 38.5 Å². The number of nitrogens with two attached hydrogens (primary N) is 1. The molecule has 1 heterocycles. The second-order valence-corrected chi connectivity index (χ2v) is 5.46. The summed E-state index contributed by atoms with van der Waals surface area (Å²) in [6, 6.07) is 7.26. The van der Waals surface area contributed by atoms with Crippen molar-refractivity contribution in [2.45, 2.75) is 32.7 Å². The van der Waals surface area contributed by atoms with Gasteiger partial charge in [-0.1, -0.05) is 23.8 Å². The molecule has 0 radical (unpaired) electrons. The van der Waals surface area contributed by atoms with Crippen LogP contribution >= 0.6 is 0 Å². The van der Waals surface area contributed by atoms with E-state index in [2.05, 4.69) is 36.9 Å². The maximum atomic E-state index is 5.71. The van der Waals surface area contributed by atoms with Gasteiger partial charge in [0.25, 0.3) is 0 Å². The van der Waals surface area contributed by atoms with E-state index < -0.39 is 0 Å². The van der Waals surface area contributed by atoms with E-state index in [1.165, 1.54) is 16.7 Å². The van der Waals surface area contributed by atoms with Gasteiger partial charge < -0.3 is 10.5 Å². The smallest absolute Gasteiger partial charge is 0.0594 e. The lowest BCUT2D eigenvalue weighted by atomic mass is 9.94. The zero-order valence-electron chi connectivity index (χ0n) is 12.2. The van der Waals surface area contributed by atoms with E-state index in [9.17, 15) is 0 Å². The number of benzene rings is 1. The van der Waals surface area contributed by atoms with Gasteiger partial charge in [0.2, 0.25) is 0 Å². The molecule has 2 rings (SSSR count). The van der Waals surface area contributed by atoms with Crippen molar-refractivity contribution in [2.24, 2.45) is 5.73 Å². The molecular weight excluding hydrogens is 236 g/mol. The van der Waals surface area contributed by atoms with Crippen LogP contribution in [0, 0.1) is 13.8 Å². The van der Waals surface area contributed by atoms with Crippen LogP contribution in [0.15, 0.2) is 18.2 Å². The lowest BCUT2D eigenvalue weighted by Gasteiger charge is -2.35. The van der Waals surface area contributed by atoms with Gasteiger partial charge >= 0.3 is 0 Å². The maximum Gasteiger partial charge on any atom is 0.0594 e. The van der Waals surface area contributed by atoms with Crippen LogP contribution in [0.3, 0.4) is 0 Å². The summed E-state index contributed by atoms with van der Waals surface area (Å²) in [4.78, 5) is 2.56. The van der Waals surface area contributed by atoms with E-state index in [1.54, 1.807) is 0 Å². The van der Waals surface area contributed by atoms with Crippen molar-refractivity contribution in [3.8, 4) is 0 Å². The summed E-state index contributed by atoms with van der Waals surface area (Å²) in [5.74, 6) is 0. The standard InChI is InChI=1S/C16H26N2O/c1-13-5-6-14(2)15(12-13)16(4-3-7-17)18-8-10-19-11-9-18/h5-6,12,16H,3-4,7-11,17H2,1-2H3. The van der Waals surface area contributed by atoms with Crippen LogP contribution in [0.1, 0.15) is 35.6 Å². The van der Waals surface area contributed by atoms with Crippen molar-refractivity contribution >= 4 is 0 Å². The summed E-state index contributed by atoms with van der Waals surface area (Å²) in [5.41, 5.74) is 9.90. The van der Waals surface area contributed by atoms with Crippen LogP contribution in [-0.4, -0.2) is 37.7 Å². The molecule has 1 fully saturated rings. The van der Waals surface area contributed by atoms with Gasteiger partial charge in [-0.05, 0) is 44.4 Å². The molecule has 1 aliphatic rings. The minimum atomic E-state index is 0.493. The number of rotatable bonds is 5. The Labute approximate surface area is 116 Å². The lowest BCUT2D eigenvalue weighted by Crippen LogP contribution is -2.39. The Bertz CT molecular complexity index is 400. The molecule has 106 valence electrons. The monoisotopic (exact) mass is 262 g/mol. The van der Waals surface area contributed by atoms with Crippen molar-refractivity contribution in [3.63, 3.8) is 0 Å². The summed E-state index contributed by atoms with van der Waals surface area (Å²) in [6.07, 6.45) is 2.22. The van der Waals surface area contributed by atoms with Crippen LogP contribution in [0.4, 0.5) is 0 Å². The fourth-order valence-corrected chi connectivity index (χ4v) is 2.85. The van der Waals surface area contributed by atoms with Gasteiger partial charge in [-0.25, -0.2) is 0 Å². The molecule has 3 nitrogen and oxygen atoms in total. The second kappa shape index (κ2) is 7.04. The third-order valence-electron chi connectivity index (χ3n) is 3.96. The first-order valence-electron chi connectivity index (χ1n) is 7.31. The molecule has 1 saturated heterocycles. The van der Waals surface area contributed by atoms with Gasteiger partial charge in [0, 0.05) is 19.1 Å². The Morgan fingerprint density at radius 3 is 2.68 bits per heavy atom. The number of ether oxygens (including phenoxy) is 1. The predicted octanol–water partition coefficient (Wildman–Crippen LogP) is 2.42. The van der Waals surface area contributed by atoms with Gasteiger partial charge in [-0.3, -0.25) is 4.90 Å². The Morgan fingerprint density at radius 2 is 2.00 bits per heavy atom. The summed E-state index contributed by atoms with van der Waals surface area (Å²) in [7, 11) is 0. The van der Waals surface area contributed by atoms with Crippen molar-refractivity contribution in [1.29, 1.82) is 0 Å². The fraction of sp³-hybridized carbons (Fsp3) is 0.625. The minimum Gasteiger partial charge on any atom is -0.379 e. The first kappa shape index (κ1) is 14.5. The zero-order chi connectivity index (χ0) is 13.7. The molecule has 1 aliphatic heterocycles. The number of hydrogen-bond acceptors (Lipinski definition) is 3. The quantitative estimate of drug-likeness (QED) is 0.885. The van der Waals surface area contributed by atoms with Crippen molar-refractivity contribution in [1.82, 2.24) is 4.90 Å². The summed E-state index contributed by atoms with van der Waals surface area (Å²) < 4.78 is 5.48. The number of morpholine rings is 1. The molecule has 0 aliphatic carbocycles. The highest BCUT2D eigenvalue weighted by atomic mass is 16.5. The molecule has 2 N–H and O–H groups in total. The average molecular weight is 262 g/mol. The summed E-state index contributed by atoms with van der Waals surface area (Å²) >= 11 is 0. The number of nitrogens with zero attached hydrogens (tertiary/aromatic N) is 1. The SMILES string of the molecule is Cc1ccc(C)c(C(CCCN)N2CCOCC2)c1. The Balaban J connectivity index is 2.22. The third-order valence-corrected chi connectivity index (χ3v) is 3.96. The van der Waals surface area contributed by atoms with Crippen LogP contribution in [0.25, 0.3) is 0 Å². The Morgan fingerprint density at radius 1 is 1.26 bits per heavy atom. The van der Waals surface area contributed by atoms with E-state index in [0.717, 1.165) is 45.7 Å². The first-order chi connectivity index (χ1) is 9.22. The molecule has 3 heteroatoms. The van der Waals surface area contributed by atoms with E-state index in [1.807, 2.05) is 0 Å². The molecule has 1 unspecified atom stereocenters. The minimum absolute atomic E-state index is 0.493. The molecule has 0 bridgehead atoms. The first-order valence-corrected chi connectivity index (χ1v) is 7.31. The lowest BCUT2D eigenvalue weighted by molar-refractivity contribution is 0.0138. The normalized spacial score (nSPS) is 18.5. The molecule has 1 aromatic carbocycles. The van der Waals surface area contributed by atoms with Crippen molar-refractivity contribution < 1.29 is 4.74 Å². The molecule has 1 aromatic rings. The Kier molecular flexibility index (Phi) is 5.37. The van der Waals surface area contributed by atoms with Crippen LogP contribution in [-0.2, 0) is 4.74 Å². The number of aryl methyl sites for hydroxylation is 2.